The number of aromatic nitrogens is 1. The summed E-state index contributed by atoms with van der Waals surface area (Å²) >= 11 is 0. The van der Waals surface area contributed by atoms with Crippen molar-refractivity contribution < 1.29 is 19.4 Å². The van der Waals surface area contributed by atoms with E-state index in [0.29, 0.717) is 24.5 Å². The van der Waals surface area contributed by atoms with E-state index in [-0.39, 0.29) is 11.3 Å². The molecule has 1 aliphatic heterocycles. The van der Waals surface area contributed by atoms with Gasteiger partial charge < -0.3 is 14.7 Å². The number of likely N-dealkylation sites (tertiary alicyclic amines) is 1. The predicted molar refractivity (Wildman–Crippen MR) is 110 cm³/mol. The van der Waals surface area contributed by atoms with Gasteiger partial charge in [0.15, 0.2) is 0 Å². The van der Waals surface area contributed by atoms with Crippen LogP contribution in [0.25, 0.3) is 5.76 Å². The van der Waals surface area contributed by atoms with Gasteiger partial charge in [0.1, 0.15) is 11.5 Å². The Balaban J connectivity index is 2.11. The first-order valence-electron chi connectivity index (χ1n) is 10.00. The number of carbonyl (C=O) groups is 2. The number of Topliss-reactive ketones (excluding diaryl/α,β-unsaturated/α-hetero) is 1. The minimum Gasteiger partial charge on any atom is -0.507 e. The highest BCUT2D eigenvalue weighted by atomic mass is 16.5. The first kappa shape index (κ1) is 20.6. The fraction of sp³-hybridized carbons (Fsp3) is 0.348. The number of amides is 1. The van der Waals surface area contributed by atoms with E-state index in [0.717, 1.165) is 24.8 Å². The van der Waals surface area contributed by atoms with Crippen LogP contribution in [0.5, 0.6) is 5.75 Å². The second-order valence-electron chi connectivity index (χ2n) is 6.94. The molecule has 1 fully saturated rings. The van der Waals surface area contributed by atoms with Gasteiger partial charge in [0.25, 0.3) is 11.7 Å². The van der Waals surface area contributed by atoms with Gasteiger partial charge in [-0.05, 0) is 43.2 Å². The van der Waals surface area contributed by atoms with E-state index in [1.54, 1.807) is 17.0 Å². The van der Waals surface area contributed by atoms with E-state index in [2.05, 4.69) is 11.9 Å². The maximum atomic E-state index is 12.9. The molecular weight excluding hydrogens is 368 g/mol. The fourth-order valence-corrected chi connectivity index (χ4v) is 3.60. The van der Waals surface area contributed by atoms with Crippen molar-refractivity contribution in [2.75, 3.05) is 13.2 Å². The Bertz CT molecular complexity index is 908. The summed E-state index contributed by atoms with van der Waals surface area (Å²) in [6, 6.07) is 9.93. The maximum Gasteiger partial charge on any atom is 0.295 e. The van der Waals surface area contributed by atoms with Crippen LogP contribution in [0.3, 0.4) is 0 Å². The Morgan fingerprint density at radius 2 is 1.90 bits per heavy atom. The molecule has 0 saturated carbocycles. The van der Waals surface area contributed by atoms with Crippen molar-refractivity contribution in [3.8, 4) is 5.75 Å². The fourth-order valence-electron chi connectivity index (χ4n) is 3.60. The minimum absolute atomic E-state index is 0.103. The Kier molecular flexibility index (Phi) is 6.65. The summed E-state index contributed by atoms with van der Waals surface area (Å²) in [7, 11) is 0. The van der Waals surface area contributed by atoms with Crippen LogP contribution in [-0.2, 0) is 9.59 Å². The van der Waals surface area contributed by atoms with Crippen LogP contribution in [0, 0.1) is 0 Å². The molecule has 1 unspecified atom stereocenters. The number of ketones is 1. The zero-order chi connectivity index (χ0) is 20.8. The van der Waals surface area contributed by atoms with Crippen LogP contribution >= 0.6 is 0 Å². The molecule has 1 aromatic carbocycles. The molecule has 0 bridgehead atoms. The molecular formula is C23H26N2O4. The zero-order valence-electron chi connectivity index (χ0n) is 16.8. The zero-order valence-corrected chi connectivity index (χ0v) is 16.8. The Labute approximate surface area is 170 Å². The van der Waals surface area contributed by atoms with E-state index in [9.17, 15) is 14.7 Å². The predicted octanol–water partition coefficient (Wildman–Crippen LogP) is 4.09. The number of ether oxygens (including phenoxy) is 1. The van der Waals surface area contributed by atoms with Gasteiger partial charge in [-0.25, -0.2) is 0 Å². The minimum atomic E-state index is -0.664. The van der Waals surface area contributed by atoms with Crippen LogP contribution in [0.15, 0.2) is 54.4 Å². The molecule has 1 aliphatic rings. The molecule has 1 saturated heterocycles. The number of rotatable bonds is 8. The summed E-state index contributed by atoms with van der Waals surface area (Å²) in [5.41, 5.74) is 1.30. The number of nitrogens with zero attached hydrogens (tertiary/aromatic N) is 2. The first-order chi connectivity index (χ1) is 14.1. The average Bonchev–Trinajstić information content (AvgIpc) is 2.99. The van der Waals surface area contributed by atoms with Crippen LogP contribution < -0.4 is 4.74 Å². The number of hydrogen-bond donors (Lipinski definition) is 1. The van der Waals surface area contributed by atoms with Gasteiger partial charge in [0.2, 0.25) is 0 Å². The molecule has 1 aromatic heterocycles. The molecule has 3 rings (SSSR count). The Morgan fingerprint density at radius 3 is 2.59 bits per heavy atom. The molecule has 29 heavy (non-hydrogen) atoms. The van der Waals surface area contributed by atoms with Gasteiger partial charge in [-0.1, -0.05) is 31.9 Å². The van der Waals surface area contributed by atoms with Crippen LogP contribution in [0.4, 0.5) is 0 Å². The third-order valence-electron chi connectivity index (χ3n) is 4.98. The monoisotopic (exact) mass is 394 g/mol. The highest BCUT2D eigenvalue weighted by Crippen LogP contribution is 2.40. The van der Waals surface area contributed by atoms with Crippen LogP contribution in [0.1, 0.15) is 50.3 Å². The van der Waals surface area contributed by atoms with Crippen molar-refractivity contribution in [2.45, 2.75) is 39.2 Å². The lowest BCUT2D eigenvalue weighted by Crippen LogP contribution is -2.30. The molecule has 1 N–H and O–H groups in total. The molecule has 1 amide bonds. The van der Waals surface area contributed by atoms with Crippen molar-refractivity contribution >= 4 is 17.4 Å². The van der Waals surface area contributed by atoms with Crippen molar-refractivity contribution in [2.24, 2.45) is 0 Å². The number of pyridine rings is 1. The standard InChI is InChI=1S/C23H26N2O4/c1-3-5-6-14-25-20(17-8-7-9-18(15-17)29-4-2)19(22(27)23(25)28)21(26)16-10-12-24-13-11-16/h7-13,15,20,26H,3-6,14H2,1-2H3/b21-19-. The molecule has 0 radical (unpaired) electrons. The molecule has 6 nitrogen and oxygen atoms in total. The van der Waals surface area contributed by atoms with Gasteiger partial charge >= 0.3 is 0 Å². The Morgan fingerprint density at radius 1 is 1.14 bits per heavy atom. The van der Waals surface area contributed by atoms with Crippen LogP contribution in [-0.4, -0.2) is 39.8 Å². The summed E-state index contributed by atoms with van der Waals surface area (Å²) in [6.45, 7) is 4.94. The summed E-state index contributed by atoms with van der Waals surface area (Å²) in [4.78, 5) is 31.2. The molecule has 6 heteroatoms. The SMILES string of the molecule is CCCCCN1C(=O)C(=O)/C(=C(\O)c2ccncc2)C1c1cccc(OCC)c1. The van der Waals surface area contributed by atoms with Gasteiger partial charge in [-0.15, -0.1) is 0 Å². The lowest BCUT2D eigenvalue weighted by Gasteiger charge is -2.25. The average molecular weight is 394 g/mol. The maximum absolute atomic E-state index is 12.9. The van der Waals surface area contributed by atoms with E-state index in [1.165, 1.54) is 12.4 Å². The first-order valence-corrected chi connectivity index (χ1v) is 10.00. The lowest BCUT2D eigenvalue weighted by molar-refractivity contribution is -0.139. The largest absolute Gasteiger partial charge is 0.507 e. The van der Waals surface area contributed by atoms with Gasteiger partial charge in [-0.2, -0.15) is 0 Å². The normalized spacial score (nSPS) is 18.3. The van der Waals surface area contributed by atoms with Crippen LogP contribution in [0.2, 0.25) is 0 Å². The number of carbonyl (C=O) groups excluding carboxylic acids is 2. The topological polar surface area (TPSA) is 79.7 Å². The summed E-state index contributed by atoms with van der Waals surface area (Å²) < 4.78 is 5.60. The van der Waals surface area contributed by atoms with E-state index in [1.807, 2.05) is 31.2 Å². The Hall–Kier alpha value is -3.15. The number of hydrogen-bond acceptors (Lipinski definition) is 5. The summed E-state index contributed by atoms with van der Waals surface area (Å²) in [5.74, 6) is -0.769. The van der Waals surface area contributed by atoms with Crippen molar-refractivity contribution in [1.29, 1.82) is 0 Å². The smallest absolute Gasteiger partial charge is 0.295 e. The molecule has 0 aliphatic carbocycles. The molecule has 2 aromatic rings. The van der Waals surface area contributed by atoms with Gasteiger partial charge in [-0.3, -0.25) is 14.6 Å². The molecule has 0 spiro atoms. The van der Waals surface area contributed by atoms with Crippen molar-refractivity contribution in [3.63, 3.8) is 0 Å². The lowest BCUT2D eigenvalue weighted by atomic mass is 9.95. The number of aliphatic hydroxyl groups is 1. The number of aliphatic hydroxyl groups excluding tert-OH is 1. The highest BCUT2D eigenvalue weighted by molar-refractivity contribution is 6.46. The van der Waals surface area contributed by atoms with E-state index >= 15 is 0 Å². The second-order valence-corrected chi connectivity index (χ2v) is 6.94. The third kappa shape index (κ3) is 4.31. The van der Waals surface area contributed by atoms with Crippen molar-refractivity contribution in [1.82, 2.24) is 9.88 Å². The summed E-state index contributed by atoms with van der Waals surface area (Å²) in [6.07, 6.45) is 5.83. The summed E-state index contributed by atoms with van der Waals surface area (Å²) in [5, 5.41) is 10.9. The van der Waals surface area contributed by atoms with E-state index in [4.69, 9.17) is 4.74 Å². The second kappa shape index (κ2) is 9.37. The van der Waals surface area contributed by atoms with Gasteiger partial charge in [0.05, 0.1) is 18.2 Å². The number of unbranched alkanes of at least 4 members (excludes halogenated alkanes) is 2. The highest BCUT2D eigenvalue weighted by Gasteiger charge is 2.45. The quantitative estimate of drug-likeness (QED) is 0.316. The molecule has 152 valence electrons. The molecule has 1 atom stereocenters. The van der Waals surface area contributed by atoms with Gasteiger partial charge in [0, 0.05) is 24.5 Å². The van der Waals surface area contributed by atoms with Crippen molar-refractivity contribution in [3.05, 3.63) is 65.5 Å². The number of benzene rings is 1. The molecule has 2 heterocycles. The van der Waals surface area contributed by atoms with E-state index < -0.39 is 17.7 Å². The third-order valence-corrected chi connectivity index (χ3v) is 4.98.